The van der Waals surface area contributed by atoms with E-state index in [2.05, 4.69) is 34.3 Å². The average Bonchev–Trinajstić information content (AvgIpc) is 2.64. The van der Waals surface area contributed by atoms with Crippen molar-refractivity contribution in [2.24, 2.45) is 5.41 Å². The minimum Gasteiger partial charge on any atom is -0.507 e. The van der Waals surface area contributed by atoms with Crippen LogP contribution in [0.3, 0.4) is 0 Å². The number of hydrogen-bond donors (Lipinski definition) is 2. The number of nitrogens with zero attached hydrogens (tertiary/aromatic N) is 3. The Morgan fingerprint density at radius 1 is 1.15 bits per heavy atom. The fourth-order valence-electron chi connectivity index (χ4n) is 3.44. The molecule has 0 radical (unpaired) electrons. The lowest BCUT2D eigenvalue weighted by molar-refractivity contribution is 0.00340. The van der Waals surface area contributed by atoms with Gasteiger partial charge in [-0.05, 0) is 24.6 Å². The smallest absolute Gasteiger partial charge is 0.158 e. The molecule has 1 aliphatic heterocycles. The third kappa shape index (κ3) is 2.97. The van der Waals surface area contributed by atoms with Crippen LogP contribution in [0.25, 0.3) is 22.0 Å². The average molecular weight is 350 g/mol. The van der Waals surface area contributed by atoms with E-state index in [1.165, 1.54) is 0 Å². The number of nitrogens with one attached hydrogen (secondary N) is 1. The van der Waals surface area contributed by atoms with Crippen LogP contribution in [0.15, 0.2) is 42.7 Å². The van der Waals surface area contributed by atoms with Crippen LogP contribution in [0, 0.1) is 5.41 Å². The van der Waals surface area contributed by atoms with Crippen LogP contribution < -0.4 is 5.32 Å². The lowest BCUT2D eigenvalue weighted by Gasteiger charge is -2.39. The molecule has 0 bridgehead atoms. The number of rotatable bonds is 3. The van der Waals surface area contributed by atoms with Gasteiger partial charge in [0.2, 0.25) is 0 Å². The van der Waals surface area contributed by atoms with Crippen molar-refractivity contribution in [3.05, 3.63) is 42.7 Å². The molecule has 4 rings (SSSR count). The molecule has 1 fully saturated rings. The van der Waals surface area contributed by atoms with Gasteiger partial charge in [-0.1, -0.05) is 26.0 Å². The van der Waals surface area contributed by atoms with Gasteiger partial charge in [-0.15, -0.1) is 10.2 Å². The Hall–Kier alpha value is -2.73. The van der Waals surface area contributed by atoms with E-state index in [0.717, 1.165) is 23.8 Å². The number of anilines is 1. The maximum atomic E-state index is 10.2. The van der Waals surface area contributed by atoms with E-state index < -0.39 is 0 Å². The fraction of sp³-hybridized carbons (Fsp3) is 0.350. The summed E-state index contributed by atoms with van der Waals surface area (Å²) in [5.41, 5.74) is 1.32. The SMILES string of the molecule is CC1(C)COCCC1Nc1nnc(-c2ccccc2O)c2ccncc12. The number of phenolic OH excluding ortho intramolecular Hbond substituents is 1. The van der Waals surface area contributed by atoms with Gasteiger partial charge in [0.05, 0.1) is 6.61 Å². The minimum absolute atomic E-state index is 0.00479. The first-order valence-electron chi connectivity index (χ1n) is 8.79. The van der Waals surface area contributed by atoms with Crippen molar-refractivity contribution < 1.29 is 9.84 Å². The van der Waals surface area contributed by atoms with Crippen molar-refractivity contribution >= 4 is 16.6 Å². The Morgan fingerprint density at radius 2 is 2.00 bits per heavy atom. The standard InChI is InChI=1S/C20H22N4O2/c1-20(2)12-26-10-8-17(20)22-19-15-11-21-9-7-13(15)18(23-24-19)14-5-3-4-6-16(14)25/h3-7,9,11,17,25H,8,10,12H2,1-2H3,(H,22,24). The summed E-state index contributed by atoms with van der Waals surface area (Å²) in [5, 5.41) is 24.4. The third-order valence-corrected chi connectivity index (χ3v) is 5.02. The molecule has 26 heavy (non-hydrogen) atoms. The molecule has 2 aromatic heterocycles. The highest BCUT2D eigenvalue weighted by molar-refractivity contribution is 6.00. The summed E-state index contributed by atoms with van der Waals surface area (Å²) in [7, 11) is 0. The molecule has 3 heterocycles. The summed E-state index contributed by atoms with van der Waals surface area (Å²) in [6.07, 6.45) is 4.44. The first-order chi connectivity index (χ1) is 12.6. The van der Waals surface area contributed by atoms with Crippen LogP contribution in [0.2, 0.25) is 0 Å². The number of para-hydroxylation sites is 1. The zero-order chi connectivity index (χ0) is 18.1. The molecule has 1 atom stereocenters. The third-order valence-electron chi connectivity index (χ3n) is 5.02. The number of aromatic nitrogens is 3. The Morgan fingerprint density at radius 3 is 2.81 bits per heavy atom. The number of ether oxygens (including phenoxy) is 1. The van der Waals surface area contributed by atoms with Crippen molar-refractivity contribution in [1.82, 2.24) is 15.2 Å². The minimum atomic E-state index is 0.00479. The molecular weight excluding hydrogens is 328 g/mol. The summed E-state index contributed by atoms with van der Waals surface area (Å²) in [5.74, 6) is 0.901. The Bertz CT molecular complexity index is 942. The van der Waals surface area contributed by atoms with E-state index >= 15 is 0 Å². The van der Waals surface area contributed by atoms with Crippen LogP contribution >= 0.6 is 0 Å². The van der Waals surface area contributed by atoms with Crippen molar-refractivity contribution in [1.29, 1.82) is 0 Å². The van der Waals surface area contributed by atoms with E-state index in [1.807, 2.05) is 18.2 Å². The highest BCUT2D eigenvalue weighted by Crippen LogP contribution is 2.36. The molecule has 1 saturated heterocycles. The van der Waals surface area contributed by atoms with Crippen molar-refractivity contribution in [3.8, 4) is 17.0 Å². The summed E-state index contributed by atoms with van der Waals surface area (Å²) < 4.78 is 5.61. The van der Waals surface area contributed by atoms with E-state index in [1.54, 1.807) is 24.5 Å². The van der Waals surface area contributed by atoms with Crippen molar-refractivity contribution in [2.75, 3.05) is 18.5 Å². The first-order valence-corrected chi connectivity index (χ1v) is 8.79. The van der Waals surface area contributed by atoms with Crippen LogP contribution in [0.5, 0.6) is 5.75 Å². The molecule has 1 aromatic carbocycles. The molecule has 0 amide bonds. The Labute approximate surface area is 152 Å². The van der Waals surface area contributed by atoms with Gasteiger partial charge in [0.15, 0.2) is 5.82 Å². The van der Waals surface area contributed by atoms with Crippen LogP contribution in [-0.4, -0.2) is 39.5 Å². The maximum Gasteiger partial charge on any atom is 0.158 e. The van der Waals surface area contributed by atoms with Gasteiger partial charge in [-0.3, -0.25) is 4.98 Å². The lowest BCUT2D eigenvalue weighted by Crippen LogP contribution is -2.44. The summed E-state index contributed by atoms with van der Waals surface area (Å²) in [4.78, 5) is 4.27. The summed E-state index contributed by atoms with van der Waals surface area (Å²) in [6.45, 7) is 5.83. The second-order valence-corrected chi connectivity index (χ2v) is 7.36. The molecule has 134 valence electrons. The van der Waals surface area contributed by atoms with Gasteiger partial charge in [-0.25, -0.2) is 0 Å². The monoisotopic (exact) mass is 350 g/mol. The van der Waals surface area contributed by atoms with Crippen molar-refractivity contribution in [2.45, 2.75) is 26.3 Å². The molecule has 6 heteroatoms. The number of benzene rings is 1. The number of hydrogen-bond acceptors (Lipinski definition) is 6. The maximum absolute atomic E-state index is 10.2. The topological polar surface area (TPSA) is 80.2 Å². The normalized spacial score (nSPS) is 19.4. The highest BCUT2D eigenvalue weighted by atomic mass is 16.5. The molecule has 2 N–H and O–H groups in total. The highest BCUT2D eigenvalue weighted by Gasteiger charge is 2.33. The fourth-order valence-corrected chi connectivity index (χ4v) is 3.44. The molecule has 3 aromatic rings. The predicted octanol–water partition coefficient (Wildman–Crippen LogP) is 3.62. The van der Waals surface area contributed by atoms with Gasteiger partial charge in [0.25, 0.3) is 0 Å². The second kappa shape index (κ2) is 6.53. The van der Waals surface area contributed by atoms with E-state index in [-0.39, 0.29) is 17.2 Å². The second-order valence-electron chi connectivity index (χ2n) is 7.36. The van der Waals surface area contributed by atoms with Crippen molar-refractivity contribution in [3.63, 3.8) is 0 Å². The van der Waals surface area contributed by atoms with Gasteiger partial charge in [-0.2, -0.15) is 0 Å². The van der Waals surface area contributed by atoms with Gasteiger partial charge in [0.1, 0.15) is 11.4 Å². The Kier molecular flexibility index (Phi) is 4.20. The molecule has 6 nitrogen and oxygen atoms in total. The molecule has 1 aliphatic rings. The number of aromatic hydroxyl groups is 1. The number of phenols is 1. The molecule has 0 aliphatic carbocycles. The number of pyridine rings is 1. The molecular formula is C20H22N4O2. The molecule has 1 unspecified atom stereocenters. The van der Waals surface area contributed by atoms with Crippen LogP contribution in [0.1, 0.15) is 20.3 Å². The van der Waals surface area contributed by atoms with Crippen LogP contribution in [-0.2, 0) is 4.74 Å². The Balaban J connectivity index is 1.79. The first kappa shape index (κ1) is 16.7. The zero-order valence-electron chi connectivity index (χ0n) is 14.9. The zero-order valence-corrected chi connectivity index (χ0v) is 14.9. The van der Waals surface area contributed by atoms with E-state index in [4.69, 9.17) is 4.74 Å². The van der Waals surface area contributed by atoms with Gasteiger partial charge in [0, 0.05) is 46.8 Å². The molecule has 0 spiro atoms. The summed E-state index contributed by atoms with van der Waals surface area (Å²) in [6, 6.07) is 9.31. The lowest BCUT2D eigenvalue weighted by atomic mass is 9.82. The molecule has 0 saturated carbocycles. The van der Waals surface area contributed by atoms with E-state index in [9.17, 15) is 5.11 Å². The van der Waals surface area contributed by atoms with Gasteiger partial charge < -0.3 is 15.2 Å². The number of fused-ring (bicyclic) bond motifs is 1. The van der Waals surface area contributed by atoms with Gasteiger partial charge >= 0.3 is 0 Å². The quantitative estimate of drug-likeness (QED) is 0.751. The predicted molar refractivity (Wildman–Crippen MR) is 101 cm³/mol. The van der Waals surface area contributed by atoms with E-state index in [0.29, 0.717) is 23.7 Å². The largest absolute Gasteiger partial charge is 0.507 e. The van der Waals surface area contributed by atoms with Crippen LogP contribution in [0.4, 0.5) is 5.82 Å². The summed E-state index contributed by atoms with van der Waals surface area (Å²) >= 11 is 0.